The van der Waals surface area contributed by atoms with E-state index in [-0.39, 0.29) is 6.61 Å². The molecule has 0 radical (unpaired) electrons. The Labute approximate surface area is 103 Å². The molecule has 0 aliphatic rings. The standard InChI is InChI=1S/C11H15BrN2O2/c1-2-14-6-8-5-9(12)3-4-10(8)16-7-11(13)15/h3-5,14H,2,6-7H2,1H3,(H2,13,15). The number of amides is 1. The largest absolute Gasteiger partial charge is 0.483 e. The van der Waals surface area contributed by atoms with Gasteiger partial charge in [0, 0.05) is 16.6 Å². The van der Waals surface area contributed by atoms with Crippen LogP contribution in [0.3, 0.4) is 0 Å². The first kappa shape index (κ1) is 13.0. The van der Waals surface area contributed by atoms with Crippen molar-refractivity contribution in [1.29, 1.82) is 0 Å². The molecule has 1 aromatic rings. The fourth-order valence-corrected chi connectivity index (χ4v) is 1.64. The summed E-state index contributed by atoms with van der Waals surface area (Å²) < 4.78 is 6.29. The number of carbonyl (C=O) groups is 1. The zero-order valence-corrected chi connectivity index (χ0v) is 10.7. The van der Waals surface area contributed by atoms with Gasteiger partial charge in [-0.05, 0) is 24.7 Å². The maximum Gasteiger partial charge on any atom is 0.255 e. The molecule has 1 aromatic carbocycles. The van der Waals surface area contributed by atoms with Gasteiger partial charge in [-0.3, -0.25) is 4.79 Å². The lowest BCUT2D eigenvalue weighted by Crippen LogP contribution is -2.21. The first-order valence-electron chi connectivity index (χ1n) is 5.03. The quantitative estimate of drug-likeness (QED) is 0.831. The SMILES string of the molecule is CCNCc1cc(Br)ccc1OCC(N)=O. The Hall–Kier alpha value is -1.07. The van der Waals surface area contributed by atoms with E-state index in [1.807, 2.05) is 25.1 Å². The maximum atomic E-state index is 10.6. The smallest absolute Gasteiger partial charge is 0.255 e. The number of hydrogen-bond donors (Lipinski definition) is 2. The van der Waals surface area contributed by atoms with Crippen LogP contribution in [0.15, 0.2) is 22.7 Å². The monoisotopic (exact) mass is 286 g/mol. The molecular weight excluding hydrogens is 272 g/mol. The highest BCUT2D eigenvalue weighted by Gasteiger charge is 2.05. The number of rotatable bonds is 6. The van der Waals surface area contributed by atoms with E-state index < -0.39 is 5.91 Å². The van der Waals surface area contributed by atoms with Crippen LogP contribution in [0.5, 0.6) is 5.75 Å². The molecule has 0 bridgehead atoms. The van der Waals surface area contributed by atoms with Crippen LogP contribution in [0.4, 0.5) is 0 Å². The summed E-state index contributed by atoms with van der Waals surface area (Å²) in [6, 6.07) is 5.64. The lowest BCUT2D eigenvalue weighted by Gasteiger charge is -2.11. The Morgan fingerprint density at radius 3 is 2.94 bits per heavy atom. The number of benzene rings is 1. The van der Waals surface area contributed by atoms with Crippen LogP contribution in [0.25, 0.3) is 0 Å². The van der Waals surface area contributed by atoms with E-state index in [1.165, 1.54) is 0 Å². The molecule has 0 saturated heterocycles. The Kier molecular flexibility index (Phi) is 5.28. The van der Waals surface area contributed by atoms with Gasteiger partial charge in [0.25, 0.3) is 5.91 Å². The third kappa shape index (κ3) is 4.20. The van der Waals surface area contributed by atoms with Crippen molar-refractivity contribution in [1.82, 2.24) is 5.32 Å². The molecule has 0 spiro atoms. The number of hydrogen-bond acceptors (Lipinski definition) is 3. The molecular formula is C11H15BrN2O2. The summed E-state index contributed by atoms with van der Waals surface area (Å²) in [5.74, 6) is 0.209. The zero-order chi connectivity index (χ0) is 12.0. The lowest BCUT2D eigenvalue weighted by atomic mass is 10.2. The van der Waals surface area contributed by atoms with Crippen LogP contribution in [0, 0.1) is 0 Å². The van der Waals surface area contributed by atoms with Crippen molar-refractivity contribution < 1.29 is 9.53 Å². The third-order valence-electron chi connectivity index (χ3n) is 1.96. The Morgan fingerprint density at radius 2 is 2.31 bits per heavy atom. The van der Waals surface area contributed by atoms with Crippen LogP contribution >= 0.6 is 15.9 Å². The number of nitrogens with two attached hydrogens (primary N) is 1. The summed E-state index contributed by atoms with van der Waals surface area (Å²) in [6.45, 7) is 3.51. The first-order valence-corrected chi connectivity index (χ1v) is 5.83. The minimum Gasteiger partial charge on any atom is -0.483 e. The van der Waals surface area contributed by atoms with Gasteiger partial charge < -0.3 is 15.8 Å². The van der Waals surface area contributed by atoms with Crippen LogP contribution in [-0.2, 0) is 11.3 Å². The Morgan fingerprint density at radius 1 is 1.56 bits per heavy atom. The summed E-state index contributed by atoms with van der Waals surface area (Å²) in [5, 5.41) is 3.20. The molecule has 0 unspecified atom stereocenters. The van der Waals surface area contributed by atoms with Gasteiger partial charge in [0.15, 0.2) is 6.61 Å². The molecule has 4 nitrogen and oxygen atoms in total. The summed E-state index contributed by atoms with van der Waals surface area (Å²) in [6.07, 6.45) is 0. The van der Waals surface area contributed by atoms with E-state index in [0.29, 0.717) is 12.3 Å². The molecule has 1 rings (SSSR count). The molecule has 88 valence electrons. The Balaban J connectivity index is 2.76. The van der Waals surface area contributed by atoms with E-state index in [1.54, 1.807) is 0 Å². The number of primary amides is 1. The van der Waals surface area contributed by atoms with Crippen molar-refractivity contribution in [2.75, 3.05) is 13.2 Å². The molecule has 0 fully saturated rings. The van der Waals surface area contributed by atoms with Crippen molar-refractivity contribution in [2.45, 2.75) is 13.5 Å². The highest BCUT2D eigenvalue weighted by molar-refractivity contribution is 9.10. The zero-order valence-electron chi connectivity index (χ0n) is 9.13. The number of halogens is 1. The molecule has 3 N–H and O–H groups in total. The average molecular weight is 287 g/mol. The normalized spacial score (nSPS) is 10.1. The highest BCUT2D eigenvalue weighted by atomic mass is 79.9. The van der Waals surface area contributed by atoms with E-state index in [4.69, 9.17) is 10.5 Å². The van der Waals surface area contributed by atoms with Gasteiger partial charge in [0.2, 0.25) is 0 Å². The van der Waals surface area contributed by atoms with Crippen molar-refractivity contribution in [3.8, 4) is 5.75 Å². The molecule has 0 atom stereocenters. The predicted octanol–water partition coefficient (Wildman–Crippen LogP) is 1.42. The predicted molar refractivity (Wildman–Crippen MR) is 66.2 cm³/mol. The minimum atomic E-state index is -0.475. The second kappa shape index (κ2) is 6.50. The highest BCUT2D eigenvalue weighted by Crippen LogP contribution is 2.23. The van der Waals surface area contributed by atoms with Gasteiger partial charge in [-0.1, -0.05) is 22.9 Å². The third-order valence-corrected chi connectivity index (χ3v) is 2.45. The number of carbonyl (C=O) groups excluding carboxylic acids is 1. The molecule has 0 aliphatic carbocycles. The van der Waals surface area contributed by atoms with E-state index in [9.17, 15) is 4.79 Å². The molecule has 16 heavy (non-hydrogen) atoms. The molecule has 1 amide bonds. The summed E-state index contributed by atoms with van der Waals surface area (Å²) in [5.41, 5.74) is 6.03. The van der Waals surface area contributed by atoms with Gasteiger partial charge in [-0.2, -0.15) is 0 Å². The Bertz CT molecular complexity index is 369. The maximum absolute atomic E-state index is 10.6. The van der Waals surface area contributed by atoms with Crippen LogP contribution in [-0.4, -0.2) is 19.1 Å². The van der Waals surface area contributed by atoms with E-state index >= 15 is 0 Å². The summed E-state index contributed by atoms with van der Waals surface area (Å²) in [7, 11) is 0. The average Bonchev–Trinajstić information content (AvgIpc) is 2.24. The van der Waals surface area contributed by atoms with Gasteiger partial charge in [0.1, 0.15) is 5.75 Å². The van der Waals surface area contributed by atoms with Crippen molar-refractivity contribution in [2.24, 2.45) is 5.73 Å². The minimum absolute atomic E-state index is 0.0965. The molecule has 0 heterocycles. The molecule has 0 aliphatic heterocycles. The second-order valence-electron chi connectivity index (χ2n) is 3.29. The van der Waals surface area contributed by atoms with Gasteiger partial charge in [0.05, 0.1) is 0 Å². The van der Waals surface area contributed by atoms with Crippen molar-refractivity contribution in [3.63, 3.8) is 0 Å². The number of ether oxygens (including phenoxy) is 1. The topological polar surface area (TPSA) is 64.3 Å². The number of nitrogens with one attached hydrogen (secondary N) is 1. The second-order valence-corrected chi connectivity index (χ2v) is 4.20. The lowest BCUT2D eigenvalue weighted by molar-refractivity contribution is -0.119. The fraction of sp³-hybridized carbons (Fsp3) is 0.364. The summed E-state index contributed by atoms with van der Waals surface area (Å²) in [4.78, 5) is 10.6. The van der Waals surface area contributed by atoms with E-state index in [2.05, 4.69) is 21.2 Å². The molecule has 0 saturated carbocycles. The van der Waals surface area contributed by atoms with Crippen LogP contribution < -0.4 is 15.8 Å². The van der Waals surface area contributed by atoms with Crippen molar-refractivity contribution >= 4 is 21.8 Å². The van der Waals surface area contributed by atoms with Gasteiger partial charge in [-0.25, -0.2) is 0 Å². The first-order chi connectivity index (χ1) is 7.63. The summed E-state index contributed by atoms with van der Waals surface area (Å²) >= 11 is 3.39. The molecule has 0 aromatic heterocycles. The van der Waals surface area contributed by atoms with Crippen LogP contribution in [0.2, 0.25) is 0 Å². The van der Waals surface area contributed by atoms with Gasteiger partial charge in [-0.15, -0.1) is 0 Å². The van der Waals surface area contributed by atoms with E-state index in [0.717, 1.165) is 16.6 Å². The van der Waals surface area contributed by atoms with Crippen LogP contribution in [0.1, 0.15) is 12.5 Å². The van der Waals surface area contributed by atoms with Crippen molar-refractivity contribution in [3.05, 3.63) is 28.2 Å². The van der Waals surface area contributed by atoms with Gasteiger partial charge >= 0.3 is 0 Å². The fourth-order valence-electron chi connectivity index (χ4n) is 1.24. The molecule has 5 heteroatoms.